The summed E-state index contributed by atoms with van der Waals surface area (Å²) in [6.07, 6.45) is 0. The van der Waals surface area contributed by atoms with Crippen molar-refractivity contribution < 1.29 is 23.5 Å². The molecular formula is C21H24FN3O4. The fourth-order valence-corrected chi connectivity index (χ4v) is 2.70. The number of amides is 3. The van der Waals surface area contributed by atoms with Gasteiger partial charge in [0.05, 0.1) is 18.4 Å². The lowest BCUT2D eigenvalue weighted by Gasteiger charge is -2.22. The topological polar surface area (TPSA) is 96.5 Å². The minimum Gasteiger partial charge on any atom is -0.495 e. The van der Waals surface area contributed by atoms with Crippen LogP contribution in [-0.4, -0.2) is 30.9 Å². The first-order valence-electron chi connectivity index (χ1n) is 9.04. The molecule has 0 aliphatic carbocycles. The number of ether oxygens (including phenoxy) is 1. The molecule has 0 aliphatic rings. The molecule has 29 heavy (non-hydrogen) atoms. The Labute approximate surface area is 168 Å². The van der Waals surface area contributed by atoms with Crippen LogP contribution in [0, 0.1) is 11.7 Å². The normalized spacial score (nSPS) is 11.5. The maximum atomic E-state index is 13.9. The summed E-state index contributed by atoms with van der Waals surface area (Å²) in [5, 5.41) is 7.91. The first-order chi connectivity index (χ1) is 13.7. The Kier molecular flexibility index (Phi) is 7.30. The summed E-state index contributed by atoms with van der Waals surface area (Å²) in [5.41, 5.74) is 0.663. The quantitative estimate of drug-likeness (QED) is 0.664. The number of methoxy groups -OCH3 is 1. The van der Waals surface area contributed by atoms with Gasteiger partial charge >= 0.3 is 0 Å². The van der Waals surface area contributed by atoms with Crippen LogP contribution in [0.2, 0.25) is 0 Å². The van der Waals surface area contributed by atoms with E-state index in [-0.39, 0.29) is 17.4 Å². The highest BCUT2D eigenvalue weighted by molar-refractivity contribution is 6.02. The van der Waals surface area contributed by atoms with Crippen molar-refractivity contribution in [1.82, 2.24) is 5.32 Å². The van der Waals surface area contributed by atoms with Gasteiger partial charge in [-0.15, -0.1) is 0 Å². The van der Waals surface area contributed by atoms with Gasteiger partial charge in [-0.3, -0.25) is 14.4 Å². The van der Waals surface area contributed by atoms with Crippen LogP contribution in [-0.2, 0) is 9.59 Å². The molecule has 0 heterocycles. The smallest absolute Gasteiger partial charge is 0.254 e. The number of carbonyl (C=O) groups excluding carboxylic acids is 3. The second kappa shape index (κ2) is 9.68. The number of carbonyl (C=O) groups is 3. The number of hydrogen-bond donors (Lipinski definition) is 3. The lowest BCUT2D eigenvalue weighted by atomic mass is 10.0. The number of nitrogens with one attached hydrogen (secondary N) is 3. The second-order valence-corrected chi connectivity index (χ2v) is 6.76. The van der Waals surface area contributed by atoms with Crippen molar-refractivity contribution in [2.24, 2.45) is 5.92 Å². The predicted octanol–water partition coefficient (Wildman–Crippen LogP) is 3.19. The van der Waals surface area contributed by atoms with E-state index in [2.05, 4.69) is 16.0 Å². The minimum atomic E-state index is -0.920. The maximum Gasteiger partial charge on any atom is 0.254 e. The summed E-state index contributed by atoms with van der Waals surface area (Å²) in [5.74, 6) is -1.99. The lowest BCUT2D eigenvalue weighted by Crippen LogP contribution is -2.47. The largest absolute Gasteiger partial charge is 0.495 e. The van der Waals surface area contributed by atoms with Crippen molar-refractivity contribution >= 4 is 29.1 Å². The van der Waals surface area contributed by atoms with Gasteiger partial charge in [0.1, 0.15) is 17.6 Å². The molecule has 0 spiro atoms. The van der Waals surface area contributed by atoms with E-state index in [4.69, 9.17) is 4.74 Å². The minimum absolute atomic E-state index is 0.142. The SMILES string of the molecule is COc1ccc(NC(C)=O)cc1NC(=O)[C@@H](NC(=O)c1ccccc1F)C(C)C. The zero-order chi connectivity index (χ0) is 21.6. The third kappa shape index (κ3) is 5.78. The van der Waals surface area contributed by atoms with Crippen molar-refractivity contribution in [2.75, 3.05) is 17.7 Å². The summed E-state index contributed by atoms with van der Waals surface area (Å²) in [4.78, 5) is 36.6. The van der Waals surface area contributed by atoms with E-state index < -0.39 is 23.7 Å². The van der Waals surface area contributed by atoms with Crippen LogP contribution in [0.15, 0.2) is 42.5 Å². The molecule has 2 aromatic rings. The first-order valence-corrected chi connectivity index (χ1v) is 9.04. The molecule has 154 valence electrons. The predicted molar refractivity (Wildman–Crippen MR) is 108 cm³/mol. The molecule has 8 heteroatoms. The van der Waals surface area contributed by atoms with Crippen molar-refractivity contribution in [3.8, 4) is 5.75 Å². The molecule has 2 rings (SSSR count). The van der Waals surface area contributed by atoms with E-state index in [1.54, 1.807) is 38.1 Å². The average molecular weight is 401 g/mol. The molecule has 0 unspecified atom stereocenters. The van der Waals surface area contributed by atoms with Crippen LogP contribution in [0.25, 0.3) is 0 Å². The Hall–Kier alpha value is -3.42. The summed E-state index contributed by atoms with van der Waals surface area (Å²) in [6.45, 7) is 4.89. The Bertz CT molecular complexity index is 915. The van der Waals surface area contributed by atoms with Crippen molar-refractivity contribution in [2.45, 2.75) is 26.8 Å². The highest BCUT2D eigenvalue weighted by Gasteiger charge is 2.26. The van der Waals surface area contributed by atoms with E-state index in [9.17, 15) is 18.8 Å². The molecule has 7 nitrogen and oxygen atoms in total. The maximum absolute atomic E-state index is 13.9. The van der Waals surface area contributed by atoms with Crippen LogP contribution >= 0.6 is 0 Å². The van der Waals surface area contributed by atoms with Crippen LogP contribution in [0.4, 0.5) is 15.8 Å². The summed E-state index contributed by atoms with van der Waals surface area (Å²) in [6, 6.07) is 9.41. The number of anilines is 2. The van der Waals surface area contributed by atoms with Gasteiger partial charge in [-0.05, 0) is 36.2 Å². The molecule has 0 saturated carbocycles. The van der Waals surface area contributed by atoms with Crippen molar-refractivity contribution in [1.29, 1.82) is 0 Å². The van der Waals surface area contributed by atoms with Gasteiger partial charge in [-0.1, -0.05) is 26.0 Å². The zero-order valence-corrected chi connectivity index (χ0v) is 16.7. The lowest BCUT2D eigenvalue weighted by molar-refractivity contribution is -0.119. The van der Waals surface area contributed by atoms with Gasteiger partial charge in [0, 0.05) is 12.6 Å². The molecule has 0 saturated heterocycles. The zero-order valence-electron chi connectivity index (χ0n) is 16.7. The van der Waals surface area contributed by atoms with Crippen LogP contribution in [0.1, 0.15) is 31.1 Å². The monoisotopic (exact) mass is 401 g/mol. The molecule has 2 aromatic carbocycles. The third-order valence-corrected chi connectivity index (χ3v) is 4.13. The second-order valence-electron chi connectivity index (χ2n) is 6.76. The Morgan fingerprint density at radius 2 is 1.72 bits per heavy atom. The average Bonchev–Trinajstić information content (AvgIpc) is 2.65. The standard InChI is InChI=1S/C21H24FN3O4/c1-12(2)19(25-20(27)15-7-5-6-8-16(15)22)21(28)24-17-11-14(23-13(3)26)9-10-18(17)29-4/h5-12,19H,1-4H3,(H,23,26)(H,24,28)(H,25,27)/t19-/m0/s1. The van der Waals surface area contributed by atoms with Crippen LogP contribution < -0.4 is 20.7 Å². The molecule has 1 atom stereocenters. The third-order valence-electron chi connectivity index (χ3n) is 4.13. The summed E-state index contributed by atoms with van der Waals surface area (Å²) in [7, 11) is 1.45. The van der Waals surface area contributed by atoms with E-state index in [0.717, 1.165) is 0 Å². The number of hydrogen-bond acceptors (Lipinski definition) is 4. The van der Waals surface area contributed by atoms with Gasteiger partial charge in [-0.2, -0.15) is 0 Å². The highest BCUT2D eigenvalue weighted by Crippen LogP contribution is 2.28. The summed E-state index contributed by atoms with van der Waals surface area (Å²) < 4.78 is 19.1. The van der Waals surface area contributed by atoms with Crippen LogP contribution in [0.5, 0.6) is 5.75 Å². The van der Waals surface area contributed by atoms with E-state index in [1.807, 2.05) is 0 Å². The number of benzene rings is 2. The first kappa shape index (κ1) is 21.9. The number of halogens is 1. The summed E-state index contributed by atoms with van der Waals surface area (Å²) >= 11 is 0. The van der Waals surface area contributed by atoms with Crippen molar-refractivity contribution in [3.05, 3.63) is 53.8 Å². The van der Waals surface area contributed by atoms with E-state index in [0.29, 0.717) is 17.1 Å². The molecule has 0 bridgehead atoms. The van der Waals surface area contributed by atoms with Gasteiger partial charge in [0.25, 0.3) is 5.91 Å². The Morgan fingerprint density at radius 3 is 2.31 bits per heavy atom. The van der Waals surface area contributed by atoms with E-state index in [1.165, 1.54) is 32.2 Å². The molecule has 0 fully saturated rings. The van der Waals surface area contributed by atoms with E-state index >= 15 is 0 Å². The molecule has 0 aromatic heterocycles. The molecule has 0 aliphatic heterocycles. The van der Waals surface area contributed by atoms with Crippen LogP contribution in [0.3, 0.4) is 0 Å². The molecule has 3 N–H and O–H groups in total. The fraction of sp³-hybridized carbons (Fsp3) is 0.286. The molecule has 3 amide bonds. The van der Waals surface area contributed by atoms with Gasteiger partial charge in [0.2, 0.25) is 11.8 Å². The Morgan fingerprint density at radius 1 is 1.03 bits per heavy atom. The number of rotatable bonds is 7. The highest BCUT2D eigenvalue weighted by atomic mass is 19.1. The van der Waals surface area contributed by atoms with Gasteiger partial charge < -0.3 is 20.7 Å². The van der Waals surface area contributed by atoms with Crippen molar-refractivity contribution in [3.63, 3.8) is 0 Å². The van der Waals surface area contributed by atoms with Gasteiger partial charge in [-0.25, -0.2) is 4.39 Å². The fourth-order valence-electron chi connectivity index (χ4n) is 2.70. The Balaban J connectivity index is 2.22. The van der Waals surface area contributed by atoms with Gasteiger partial charge in [0.15, 0.2) is 0 Å². The molecule has 0 radical (unpaired) electrons. The molecular weight excluding hydrogens is 377 g/mol.